The van der Waals surface area contributed by atoms with Crippen LogP contribution < -0.4 is 5.69 Å². The lowest BCUT2D eigenvalue weighted by Crippen LogP contribution is -2.21. The molecule has 0 aromatic carbocycles. The van der Waals surface area contributed by atoms with Crippen molar-refractivity contribution in [2.45, 2.75) is 26.9 Å². The molecule has 0 aliphatic carbocycles. The van der Waals surface area contributed by atoms with E-state index >= 15 is 0 Å². The lowest BCUT2D eigenvalue weighted by molar-refractivity contribution is 0.0368. The van der Waals surface area contributed by atoms with E-state index in [1.807, 2.05) is 6.92 Å². The summed E-state index contributed by atoms with van der Waals surface area (Å²) in [5.41, 5.74) is 0.987. The van der Waals surface area contributed by atoms with Gasteiger partial charge in [-0.05, 0) is 38.5 Å². The Bertz CT molecular complexity index is 624. The van der Waals surface area contributed by atoms with Crippen LogP contribution in [0.4, 0.5) is 0 Å². The summed E-state index contributed by atoms with van der Waals surface area (Å²) in [5.74, 6) is -0.530. The first-order valence-corrected chi connectivity index (χ1v) is 5.28. The molecule has 0 spiro atoms. The van der Waals surface area contributed by atoms with E-state index in [0.29, 0.717) is 5.65 Å². The standard InChI is InChI=1S/C11H13N3O3/c1-6(2)17-10(15)8-4-7(3)5-9-12-13-11(16)14(8)9/h4-6H,1-3H3,(H,13,16). The Morgan fingerprint density at radius 1 is 1.47 bits per heavy atom. The quantitative estimate of drug-likeness (QED) is 0.784. The van der Waals surface area contributed by atoms with Gasteiger partial charge in [0, 0.05) is 0 Å². The van der Waals surface area contributed by atoms with Crippen LogP contribution in [0.3, 0.4) is 0 Å². The Hall–Kier alpha value is -2.11. The van der Waals surface area contributed by atoms with Crippen LogP contribution in [0.1, 0.15) is 29.9 Å². The van der Waals surface area contributed by atoms with E-state index in [1.165, 1.54) is 4.40 Å². The molecule has 0 bridgehead atoms. The molecule has 0 radical (unpaired) electrons. The normalized spacial score (nSPS) is 11.1. The zero-order valence-corrected chi connectivity index (χ0v) is 9.85. The Labute approximate surface area is 97.2 Å². The van der Waals surface area contributed by atoms with Crippen LogP contribution in [0.15, 0.2) is 16.9 Å². The molecular weight excluding hydrogens is 222 g/mol. The van der Waals surface area contributed by atoms with Gasteiger partial charge < -0.3 is 4.74 Å². The van der Waals surface area contributed by atoms with Gasteiger partial charge in [-0.1, -0.05) is 0 Å². The number of nitrogens with zero attached hydrogens (tertiary/aromatic N) is 2. The van der Waals surface area contributed by atoms with E-state index in [9.17, 15) is 9.59 Å². The maximum absolute atomic E-state index is 11.8. The van der Waals surface area contributed by atoms with E-state index in [-0.39, 0.29) is 11.8 Å². The first kappa shape index (κ1) is 11.4. The Kier molecular flexibility index (Phi) is 2.71. The summed E-state index contributed by atoms with van der Waals surface area (Å²) in [6.07, 6.45) is -0.235. The number of ether oxygens (including phenoxy) is 1. The summed E-state index contributed by atoms with van der Waals surface area (Å²) in [5, 5.41) is 6.12. The number of carbonyl (C=O) groups excluding carboxylic acids is 1. The minimum atomic E-state index is -0.530. The summed E-state index contributed by atoms with van der Waals surface area (Å²) >= 11 is 0. The second kappa shape index (κ2) is 4.04. The molecule has 17 heavy (non-hydrogen) atoms. The van der Waals surface area contributed by atoms with Gasteiger partial charge in [0.25, 0.3) is 0 Å². The summed E-state index contributed by atoms with van der Waals surface area (Å²) < 4.78 is 6.29. The van der Waals surface area contributed by atoms with Crippen molar-refractivity contribution in [2.24, 2.45) is 0 Å². The van der Waals surface area contributed by atoms with Crippen molar-refractivity contribution in [3.63, 3.8) is 0 Å². The molecule has 2 heterocycles. The van der Waals surface area contributed by atoms with Gasteiger partial charge >= 0.3 is 11.7 Å². The third kappa shape index (κ3) is 2.06. The largest absolute Gasteiger partial charge is 0.458 e. The SMILES string of the molecule is Cc1cc(C(=O)OC(C)C)n2c(=O)[nH]nc2c1. The van der Waals surface area contributed by atoms with Crippen molar-refractivity contribution in [1.29, 1.82) is 0 Å². The van der Waals surface area contributed by atoms with E-state index in [4.69, 9.17) is 4.74 Å². The molecule has 2 aromatic heterocycles. The van der Waals surface area contributed by atoms with E-state index in [2.05, 4.69) is 10.2 Å². The first-order valence-electron chi connectivity index (χ1n) is 5.28. The number of aryl methyl sites for hydroxylation is 1. The van der Waals surface area contributed by atoms with Crippen molar-refractivity contribution in [3.8, 4) is 0 Å². The Morgan fingerprint density at radius 2 is 2.18 bits per heavy atom. The third-order valence-electron chi connectivity index (χ3n) is 2.21. The third-order valence-corrected chi connectivity index (χ3v) is 2.21. The van der Waals surface area contributed by atoms with Crippen molar-refractivity contribution in [2.75, 3.05) is 0 Å². The molecule has 0 aliphatic heterocycles. The number of aromatic amines is 1. The molecule has 2 aromatic rings. The maximum atomic E-state index is 11.8. The molecule has 2 rings (SSSR count). The minimum absolute atomic E-state index is 0.187. The molecule has 0 atom stereocenters. The predicted molar refractivity (Wildman–Crippen MR) is 61.1 cm³/mol. The van der Waals surface area contributed by atoms with Gasteiger partial charge in [-0.2, -0.15) is 5.10 Å². The summed E-state index contributed by atoms with van der Waals surface area (Å²) in [4.78, 5) is 23.4. The number of esters is 1. The molecule has 6 heteroatoms. The molecule has 6 nitrogen and oxygen atoms in total. The fourth-order valence-electron chi connectivity index (χ4n) is 1.59. The van der Waals surface area contributed by atoms with Crippen LogP contribution in [0.2, 0.25) is 0 Å². The van der Waals surface area contributed by atoms with Gasteiger partial charge in [0.2, 0.25) is 0 Å². The fraction of sp³-hybridized carbons (Fsp3) is 0.364. The van der Waals surface area contributed by atoms with Crippen molar-refractivity contribution in [1.82, 2.24) is 14.6 Å². The lowest BCUT2D eigenvalue weighted by atomic mass is 10.2. The molecule has 0 aliphatic rings. The number of hydrogen-bond acceptors (Lipinski definition) is 4. The second-order valence-corrected chi connectivity index (χ2v) is 4.09. The highest BCUT2D eigenvalue weighted by molar-refractivity contribution is 5.88. The van der Waals surface area contributed by atoms with Gasteiger partial charge in [0.15, 0.2) is 5.65 Å². The molecule has 0 amide bonds. The second-order valence-electron chi connectivity index (χ2n) is 4.09. The van der Waals surface area contributed by atoms with Crippen LogP contribution in [0, 0.1) is 6.92 Å². The number of H-pyrrole nitrogens is 1. The van der Waals surface area contributed by atoms with E-state index in [1.54, 1.807) is 26.0 Å². The molecule has 1 N–H and O–H groups in total. The van der Waals surface area contributed by atoms with Gasteiger partial charge in [-0.15, -0.1) is 0 Å². The van der Waals surface area contributed by atoms with Gasteiger partial charge in [0.1, 0.15) is 5.69 Å². The van der Waals surface area contributed by atoms with E-state index in [0.717, 1.165) is 5.56 Å². The van der Waals surface area contributed by atoms with Crippen molar-refractivity contribution in [3.05, 3.63) is 33.9 Å². The Morgan fingerprint density at radius 3 is 2.82 bits per heavy atom. The van der Waals surface area contributed by atoms with Crippen LogP contribution in [0.25, 0.3) is 5.65 Å². The molecule has 90 valence electrons. The zero-order valence-electron chi connectivity index (χ0n) is 9.85. The number of hydrogen-bond donors (Lipinski definition) is 1. The van der Waals surface area contributed by atoms with Crippen LogP contribution in [0.5, 0.6) is 0 Å². The molecule has 0 saturated heterocycles. The monoisotopic (exact) mass is 235 g/mol. The van der Waals surface area contributed by atoms with Gasteiger partial charge in [0.05, 0.1) is 6.10 Å². The lowest BCUT2D eigenvalue weighted by Gasteiger charge is -2.09. The smallest absolute Gasteiger partial charge is 0.355 e. The molecular formula is C11H13N3O3. The van der Waals surface area contributed by atoms with Crippen molar-refractivity contribution < 1.29 is 9.53 Å². The number of carbonyl (C=O) groups is 1. The Balaban J connectivity index is 2.63. The summed E-state index contributed by atoms with van der Waals surface area (Å²) in [6.45, 7) is 5.33. The zero-order chi connectivity index (χ0) is 12.6. The van der Waals surface area contributed by atoms with E-state index < -0.39 is 11.7 Å². The summed E-state index contributed by atoms with van der Waals surface area (Å²) in [7, 11) is 0. The number of rotatable bonds is 2. The molecule has 0 unspecified atom stereocenters. The van der Waals surface area contributed by atoms with Crippen molar-refractivity contribution >= 4 is 11.6 Å². The topological polar surface area (TPSA) is 76.5 Å². The number of aromatic nitrogens is 3. The highest BCUT2D eigenvalue weighted by Crippen LogP contribution is 2.09. The number of pyridine rings is 1. The van der Waals surface area contributed by atoms with Gasteiger partial charge in [-0.3, -0.25) is 0 Å². The minimum Gasteiger partial charge on any atom is -0.458 e. The number of nitrogens with one attached hydrogen (secondary N) is 1. The number of fused-ring (bicyclic) bond motifs is 1. The van der Waals surface area contributed by atoms with Crippen LogP contribution in [-0.2, 0) is 4.74 Å². The van der Waals surface area contributed by atoms with Crippen LogP contribution >= 0.6 is 0 Å². The van der Waals surface area contributed by atoms with Gasteiger partial charge in [-0.25, -0.2) is 19.1 Å². The molecule has 0 fully saturated rings. The fourth-order valence-corrected chi connectivity index (χ4v) is 1.59. The predicted octanol–water partition coefficient (Wildman–Crippen LogP) is 0.896. The highest BCUT2D eigenvalue weighted by atomic mass is 16.5. The summed E-state index contributed by atoms with van der Waals surface area (Å²) in [6, 6.07) is 3.32. The average molecular weight is 235 g/mol. The maximum Gasteiger partial charge on any atom is 0.355 e. The average Bonchev–Trinajstić information content (AvgIpc) is 2.58. The first-order chi connectivity index (χ1) is 7.99. The van der Waals surface area contributed by atoms with Crippen LogP contribution in [-0.4, -0.2) is 26.7 Å². The molecule has 0 saturated carbocycles. The highest BCUT2D eigenvalue weighted by Gasteiger charge is 2.16.